The first kappa shape index (κ1) is 18.2. The van der Waals surface area contributed by atoms with Gasteiger partial charge in [0.05, 0.1) is 0 Å². The molecule has 4 heteroatoms. The summed E-state index contributed by atoms with van der Waals surface area (Å²) < 4.78 is 0. The number of aryl methyl sites for hydroxylation is 1. The Balaban J connectivity index is 1.61. The van der Waals surface area contributed by atoms with Gasteiger partial charge in [0, 0.05) is 29.9 Å². The molecule has 4 nitrogen and oxygen atoms in total. The zero-order chi connectivity index (χ0) is 19.7. The molecule has 0 fully saturated rings. The molecule has 0 aliphatic carbocycles. The molecule has 0 unspecified atom stereocenters. The van der Waals surface area contributed by atoms with Gasteiger partial charge in [0.15, 0.2) is 0 Å². The Morgan fingerprint density at radius 1 is 1.04 bits per heavy atom. The summed E-state index contributed by atoms with van der Waals surface area (Å²) >= 11 is 0. The van der Waals surface area contributed by atoms with E-state index in [1.807, 2.05) is 65.6 Å². The molecule has 1 N–H and O–H groups in total. The average Bonchev–Trinajstić information content (AvgIpc) is 2.69. The van der Waals surface area contributed by atoms with Crippen molar-refractivity contribution < 1.29 is 9.59 Å². The highest BCUT2D eigenvalue weighted by Gasteiger charge is 2.25. The summed E-state index contributed by atoms with van der Waals surface area (Å²) in [5.41, 5.74) is 3.49. The Labute approximate surface area is 165 Å². The normalized spacial score (nSPS) is 13.7. The van der Waals surface area contributed by atoms with Gasteiger partial charge in [-0.1, -0.05) is 50.2 Å². The molecular weight excluding hydrogens is 348 g/mol. The number of fused-ring (bicyclic) bond motifs is 2. The van der Waals surface area contributed by atoms with Crippen molar-refractivity contribution in [2.24, 2.45) is 5.92 Å². The van der Waals surface area contributed by atoms with Gasteiger partial charge in [0.1, 0.15) is 0 Å². The summed E-state index contributed by atoms with van der Waals surface area (Å²) in [6.07, 6.45) is 1.22. The standard InChI is InChI=1S/C24H24N2O2/c1-16(2)15-26-22-12-11-19(14-18(22)10-13-23(26)27)25-24(28)21-9-5-7-17-6-3-4-8-20(17)21/h3-9,11-12,14,16H,10,13,15H2,1-2H3,(H,25,28). The van der Waals surface area contributed by atoms with Gasteiger partial charge in [-0.15, -0.1) is 0 Å². The van der Waals surface area contributed by atoms with E-state index in [1.165, 1.54) is 0 Å². The molecule has 0 saturated carbocycles. The molecule has 0 atom stereocenters. The van der Waals surface area contributed by atoms with Gasteiger partial charge < -0.3 is 10.2 Å². The number of benzene rings is 3. The van der Waals surface area contributed by atoms with Crippen LogP contribution in [0, 0.1) is 5.92 Å². The number of amides is 2. The fraction of sp³-hybridized carbons (Fsp3) is 0.250. The summed E-state index contributed by atoms with van der Waals surface area (Å²) in [6.45, 7) is 4.94. The van der Waals surface area contributed by atoms with Crippen molar-refractivity contribution in [3.05, 3.63) is 71.8 Å². The topological polar surface area (TPSA) is 49.4 Å². The lowest BCUT2D eigenvalue weighted by Gasteiger charge is -2.31. The monoisotopic (exact) mass is 372 g/mol. The largest absolute Gasteiger partial charge is 0.322 e. The van der Waals surface area contributed by atoms with E-state index in [0.717, 1.165) is 27.7 Å². The minimum Gasteiger partial charge on any atom is -0.322 e. The van der Waals surface area contributed by atoms with Crippen LogP contribution in [0.15, 0.2) is 60.7 Å². The van der Waals surface area contributed by atoms with Gasteiger partial charge >= 0.3 is 0 Å². The van der Waals surface area contributed by atoms with E-state index in [1.54, 1.807) is 0 Å². The van der Waals surface area contributed by atoms with Gasteiger partial charge in [-0.2, -0.15) is 0 Å². The highest BCUT2D eigenvalue weighted by molar-refractivity contribution is 6.13. The maximum absolute atomic E-state index is 12.9. The van der Waals surface area contributed by atoms with Crippen LogP contribution in [0.5, 0.6) is 0 Å². The molecule has 1 aliphatic rings. The van der Waals surface area contributed by atoms with E-state index in [9.17, 15) is 9.59 Å². The van der Waals surface area contributed by atoms with Crippen molar-refractivity contribution in [3.8, 4) is 0 Å². The summed E-state index contributed by atoms with van der Waals surface area (Å²) in [7, 11) is 0. The quantitative estimate of drug-likeness (QED) is 0.698. The van der Waals surface area contributed by atoms with Crippen molar-refractivity contribution in [2.45, 2.75) is 26.7 Å². The van der Waals surface area contributed by atoms with Gasteiger partial charge in [-0.3, -0.25) is 9.59 Å². The van der Waals surface area contributed by atoms with E-state index in [0.29, 0.717) is 30.9 Å². The zero-order valence-electron chi connectivity index (χ0n) is 16.2. The first-order valence-electron chi connectivity index (χ1n) is 9.75. The van der Waals surface area contributed by atoms with E-state index in [-0.39, 0.29) is 11.8 Å². The summed E-state index contributed by atoms with van der Waals surface area (Å²) in [5, 5.41) is 5.01. The number of hydrogen-bond donors (Lipinski definition) is 1. The Morgan fingerprint density at radius 2 is 1.82 bits per heavy atom. The van der Waals surface area contributed by atoms with Gasteiger partial charge in [0.25, 0.3) is 5.91 Å². The van der Waals surface area contributed by atoms with Crippen molar-refractivity contribution in [3.63, 3.8) is 0 Å². The van der Waals surface area contributed by atoms with Crippen molar-refractivity contribution in [2.75, 3.05) is 16.8 Å². The van der Waals surface area contributed by atoms with Crippen molar-refractivity contribution in [1.29, 1.82) is 0 Å². The predicted molar refractivity (Wildman–Crippen MR) is 114 cm³/mol. The molecule has 0 radical (unpaired) electrons. The second-order valence-electron chi connectivity index (χ2n) is 7.72. The maximum atomic E-state index is 12.9. The van der Waals surface area contributed by atoms with Crippen molar-refractivity contribution >= 4 is 34.0 Å². The molecule has 0 saturated heterocycles. The second-order valence-corrected chi connectivity index (χ2v) is 7.72. The van der Waals surface area contributed by atoms with Crippen LogP contribution in [-0.4, -0.2) is 18.4 Å². The number of carbonyl (C=O) groups is 2. The number of hydrogen-bond acceptors (Lipinski definition) is 2. The number of nitrogens with one attached hydrogen (secondary N) is 1. The predicted octanol–water partition coefficient (Wildman–Crippen LogP) is 5.03. The minimum atomic E-state index is -0.123. The van der Waals surface area contributed by atoms with E-state index >= 15 is 0 Å². The molecule has 3 aromatic carbocycles. The number of nitrogens with zero attached hydrogens (tertiary/aromatic N) is 1. The Kier molecular flexibility index (Phi) is 4.86. The Hall–Kier alpha value is -3.14. The maximum Gasteiger partial charge on any atom is 0.256 e. The number of rotatable bonds is 4. The lowest BCUT2D eigenvalue weighted by atomic mass is 9.99. The zero-order valence-corrected chi connectivity index (χ0v) is 16.2. The van der Waals surface area contributed by atoms with Crippen LogP contribution in [0.25, 0.3) is 10.8 Å². The highest BCUT2D eigenvalue weighted by atomic mass is 16.2. The second kappa shape index (κ2) is 7.47. The molecule has 4 rings (SSSR count). The molecule has 0 aromatic heterocycles. The molecule has 1 aliphatic heterocycles. The third-order valence-electron chi connectivity index (χ3n) is 5.12. The SMILES string of the molecule is CC(C)CN1C(=O)CCc2cc(NC(=O)c3cccc4ccccc34)ccc21. The molecular formula is C24H24N2O2. The first-order chi connectivity index (χ1) is 13.5. The molecule has 3 aromatic rings. The molecule has 1 heterocycles. The Bertz CT molecular complexity index is 1050. The molecule has 0 bridgehead atoms. The highest BCUT2D eigenvalue weighted by Crippen LogP contribution is 2.31. The van der Waals surface area contributed by atoms with Gasteiger partial charge in [-0.05, 0) is 52.9 Å². The minimum absolute atomic E-state index is 0.123. The van der Waals surface area contributed by atoms with Crippen LogP contribution >= 0.6 is 0 Å². The van der Waals surface area contributed by atoms with Crippen LogP contribution in [0.2, 0.25) is 0 Å². The van der Waals surface area contributed by atoms with Crippen molar-refractivity contribution in [1.82, 2.24) is 0 Å². The molecule has 28 heavy (non-hydrogen) atoms. The van der Waals surface area contributed by atoms with E-state index < -0.39 is 0 Å². The lowest BCUT2D eigenvalue weighted by Crippen LogP contribution is -2.37. The third-order valence-corrected chi connectivity index (χ3v) is 5.12. The fourth-order valence-corrected chi connectivity index (χ4v) is 3.82. The fourth-order valence-electron chi connectivity index (χ4n) is 3.82. The van der Waals surface area contributed by atoms with E-state index in [4.69, 9.17) is 0 Å². The summed E-state index contributed by atoms with van der Waals surface area (Å²) in [5.74, 6) is 0.456. The molecule has 142 valence electrons. The van der Waals surface area contributed by atoms with E-state index in [2.05, 4.69) is 19.2 Å². The third kappa shape index (κ3) is 3.50. The lowest BCUT2D eigenvalue weighted by molar-refractivity contribution is -0.119. The van der Waals surface area contributed by atoms with Gasteiger partial charge in [0.2, 0.25) is 5.91 Å². The average molecular weight is 372 g/mol. The Morgan fingerprint density at radius 3 is 2.64 bits per heavy atom. The molecule has 2 amide bonds. The van der Waals surface area contributed by atoms with Crippen LogP contribution in [0.3, 0.4) is 0 Å². The summed E-state index contributed by atoms with van der Waals surface area (Å²) in [6, 6.07) is 19.5. The molecule has 0 spiro atoms. The van der Waals surface area contributed by atoms with Gasteiger partial charge in [-0.25, -0.2) is 0 Å². The first-order valence-corrected chi connectivity index (χ1v) is 9.75. The van der Waals surface area contributed by atoms with Crippen LogP contribution in [0.1, 0.15) is 36.2 Å². The van der Waals surface area contributed by atoms with Crippen LogP contribution < -0.4 is 10.2 Å². The summed E-state index contributed by atoms with van der Waals surface area (Å²) in [4.78, 5) is 27.1. The number of carbonyl (C=O) groups excluding carboxylic acids is 2. The number of anilines is 2. The van der Waals surface area contributed by atoms with Crippen LogP contribution in [-0.2, 0) is 11.2 Å². The van der Waals surface area contributed by atoms with Crippen LogP contribution in [0.4, 0.5) is 11.4 Å². The smallest absolute Gasteiger partial charge is 0.256 e.